The molecule has 0 fully saturated rings. The fourth-order valence-electron chi connectivity index (χ4n) is 3.96. The van der Waals surface area contributed by atoms with E-state index < -0.39 is 23.8 Å². The minimum absolute atomic E-state index is 0.0174. The maximum absolute atomic E-state index is 13.0. The number of nitrogens with one attached hydrogen (secondary N) is 1. The largest absolute Gasteiger partial charge is 0.480 e. The second kappa shape index (κ2) is 9.50. The molecule has 0 saturated carbocycles. The van der Waals surface area contributed by atoms with E-state index in [-0.39, 0.29) is 13.0 Å². The molecule has 1 heterocycles. The summed E-state index contributed by atoms with van der Waals surface area (Å²) in [5, 5.41) is 13.6. The van der Waals surface area contributed by atoms with Gasteiger partial charge in [-0.05, 0) is 28.8 Å². The number of halogens is 3. The molecule has 0 saturated heterocycles. The number of hydrogen-bond acceptors (Lipinski definition) is 2. The highest BCUT2D eigenvalue weighted by atomic mass is 19.4. The van der Waals surface area contributed by atoms with Crippen molar-refractivity contribution < 1.29 is 23.1 Å². The summed E-state index contributed by atoms with van der Waals surface area (Å²) >= 11 is 0. The van der Waals surface area contributed by atoms with E-state index in [1.807, 2.05) is 60.8 Å². The van der Waals surface area contributed by atoms with Crippen LogP contribution in [0.5, 0.6) is 0 Å². The van der Waals surface area contributed by atoms with Gasteiger partial charge in [0.1, 0.15) is 6.04 Å². The summed E-state index contributed by atoms with van der Waals surface area (Å²) in [6.45, 7) is 0.667. The van der Waals surface area contributed by atoms with Crippen molar-refractivity contribution in [1.82, 2.24) is 9.88 Å². The Bertz CT molecular complexity index is 1250. The molecule has 1 atom stereocenters. The summed E-state index contributed by atoms with van der Waals surface area (Å²) in [4.78, 5) is 11.9. The maximum Gasteiger partial charge on any atom is 0.416 e. The SMILES string of the molecule is O=C(O)[C@H](Cc1cn(Cc2ccccc2)c2ccccc12)NCc1cccc(C(F)(F)F)c1. The number of hydrogen-bond donors (Lipinski definition) is 2. The normalized spacial score (nSPS) is 12.7. The number of alkyl halides is 3. The lowest BCUT2D eigenvalue weighted by atomic mass is 10.0. The summed E-state index contributed by atoms with van der Waals surface area (Å²) in [7, 11) is 0. The second-order valence-corrected chi connectivity index (χ2v) is 7.96. The average Bonchev–Trinajstić information content (AvgIpc) is 3.14. The maximum atomic E-state index is 13.0. The number of aliphatic carboxylic acids is 1. The molecule has 33 heavy (non-hydrogen) atoms. The Morgan fingerprint density at radius 3 is 2.36 bits per heavy atom. The van der Waals surface area contributed by atoms with Crippen LogP contribution in [-0.4, -0.2) is 21.7 Å². The van der Waals surface area contributed by atoms with Crippen molar-refractivity contribution in [2.45, 2.75) is 31.7 Å². The van der Waals surface area contributed by atoms with Crippen molar-refractivity contribution in [2.24, 2.45) is 0 Å². The number of carboxylic acid groups (broad SMARTS) is 1. The highest BCUT2D eigenvalue weighted by Gasteiger charge is 2.30. The Labute approximate surface area is 189 Å². The van der Waals surface area contributed by atoms with Gasteiger partial charge in [0.15, 0.2) is 0 Å². The van der Waals surface area contributed by atoms with Crippen LogP contribution in [0.1, 0.15) is 22.3 Å². The lowest BCUT2D eigenvalue weighted by Gasteiger charge is -2.15. The molecular formula is C26H23F3N2O2. The minimum Gasteiger partial charge on any atom is -0.480 e. The second-order valence-electron chi connectivity index (χ2n) is 7.96. The molecule has 0 aliphatic rings. The topological polar surface area (TPSA) is 54.3 Å². The first-order chi connectivity index (χ1) is 15.8. The molecule has 1 aromatic heterocycles. The first-order valence-corrected chi connectivity index (χ1v) is 10.5. The van der Waals surface area contributed by atoms with Crippen molar-refractivity contribution in [3.8, 4) is 0 Å². The third-order valence-corrected chi connectivity index (χ3v) is 5.60. The van der Waals surface area contributed by atoms with Gasteiger partial charge < -0.3 is 15.0 Å². The van der Waals surface area contributed by atoms with Crippen LogP contribution in [0, 0.1) is 0 Å². The number of rotatable bonds is 8. The summed E-state index contributed by atoms with van der Waals surface area (Å²) in [6.07, 6.45) is -2.28. The predicted molar refractivity (Wildman–Crippen MR) is 121 cm³/mol. The van der Waals surface area contributed by atoms with Gasteiger partial charge in [0.25, 0.3) is 0 Å². The van der Waals surface area contributed by atoms with Gasteiger partial charge in [-0.25, -0.2) is 0 Å². The number of carbonyl (C=O) groups is 1. The molecule has 4 nitrogen and oxygen atoms in total. The van der Waals surface area contributed by atoms with Gasteiger partial charge in [-0.1, -0.05) is 66.7 Å². The molecule has 0 unspecified atom stereocenters. The van der Waals surface area contributed by atoms with E-state index in [1.165, 1.54) is 6.07 Å². The predicted octanol–water partition coefficient (Wildman–Crippen LogP) is 5.49. The molecule has 170 valence electrons. The smallest absolute Gasteiger partial charge is 0.416 e. The number of fused-ring (bicyclic) bond motifs is 1. The average molecular weight is 452 g/mol. The van der Waals surface area contributed by atoms with Crippen LogP contribution in [-0.2, 0) is 30.5 Å². The number of aromatic nitrogens is 1. The van der Waals surface area contributed by atoms with Crippen molar-refractivity contribution in [3.05, 3.63) is 107 Å². The molecule has 2 N–H and O–H groups in total. The van der Waals surface area contributed by atoms with Crippen LogP contribution in [0.2, 0.25) is 0 Å². The number of para-hydroxylation sites is 1. The fourth-order valence-corrected chi connectivity index (χ4v) is 3.96. The van der Waals surface area contributed by atoms with Crippen LogP contribution < -0.4 is 5.32 Å². The van der Waals surface area contributed by atoms with E-state index in [4.69, 9.17) is 0 Å². The third kappa shape index (κ3) is 5.43. The molecule has 0 bridgehead atoms. The van der Waals surface area contributed by atoms with Gasteiger partial charge in [-0.3, -0.25) is 4.79 Å². The molecule has 7 heteroatoms. The van der Waals surface area contributed by atoms with E-state index in [9.17, 15) is 23.1 Å². The van der Waals surface area contributed by atoms with Crippen LogP contribution >= 0.6 is 0 Å². The molecular weight excluding hydrogens is 429 g/mol. The highest BCUT2D eigenvalue weighted by Crippen LogP contribution is 2.29. The van der Waals surface area contributed by atoms with Gasteiger partial charge in [-0.2, -0.15) is 13.2 Å². The van der Waals surface area contributed by atoms with Crippen molar-refractivity contribution in [3.63, 3.8) is 0 Å². The summed E-state index contributed by atoms with van der Waals surface area (Å²) in [5.41, 5.74) is 2.62. The van der Waals surface area contributed by atoms with Crippen molar-refractivity contribution in [1.29, 1.82) is 0 Å². The Kier molecular flexibility index (Phi) is 6.51. The van der Waals surface area contributed by atoms with Gasteiger partial charge in [0.2, 0.25) is 0 Å². The zero-order valence-electron chi connectivity index (χ0n) is 17.7. The highest BCUT2D eigenvalue weighted by molar-refractivity contribution is 5.85. The standard InChI is InChI=1S/C26H23F3N2O2/c27-26(28,29)21-10-6-9-19(13-21)15-30-23(25(32)33)14-20-17-31(16-18-7-2-1-3-8-18)24-12-5-4-11-22(20)24/h1-13,17,23,30H,14-16H2,(H,32,33)/t23-/m0/s1. The van der Waals surface area contributed by atoms with E-state index in [2.05, 4.69) is 9.88 Å². The minimum atomic E-state index is -4.44. The Morgan fingerprint density at radius 2 is 1.64 bits per heavy atom. The van der Waals surface area contributed by atoms with Gasteiger partial charge >= 0.3 is 12.1 Å². The van der Waals surface area contributed by atoms with Gasteiger partial charge in [0, 0.05) is 36.6 Å². The number of carboxylic acids is 1. The molecule has 4 aromatic rings. The van der Waals surface area contributed by atoms with Gasteiger partial charge in [0.05, 0.1) is 5.56 Å². The van der Waals surface area contributed by atoms with Crippen molar-refractivity contribution in [2.75, 3.05) is 0 Å². The molecule has 0 spiro atoms. The van der Waals surface area contributed by atoms with Crippen molar-refractivity contribution >= 4 is 16.9 Å². The first-order valence-electron chi connectivity index (χ1n) is 10.5. The molecule has 3 aromatic carbocycles. The van der Waals surface area contributed by atoms with Crippen LogP contribution in [0.3, 0.4) is 0 Å². The summed E-state index contributed by atoms with van der Waals surface area (Å²) in [6, 6.07) is 21.7. The van der Waals surface area contributed by atoms with Crippen LogP contribution in [0.25, 0.3) is 10.9 Å². The number of nitrogens with zero attached hydrogens (tertiary/aromatic N) is 1. The fraction of sp³-hybridized carbons (Fsp3) is 0.192. The van der Waals surface area contributed by atoms with Gasteiger partial charge in [-0.15, -0.1) is 0 Å². The molecule has 0 amide bonds. The lowest BCUT2D eigenvalue weighted by Crippen LogP contribution is -2.38. The third-order valence-electron chi connectivity index (χ3n) is 5.60. The zero-order chi connectivity index (χ0) is 23.4. The monoisotopic (exact) mass is 452 g/mol. The van der Waals surface area contributed by atoms with E-state index >= 15 is 0 Å². The quantitative estimate of drug-likeness (QED) is 0.372. The Hall–Kier alpha value is -3.58. The number of benzene rings is 3. The van der Waals surface area contributed by atoms with Crippen LogP contribution in [0.15, 0.2) is 85.1 Å². The zero-order valence-corrected chi connectivity index (χ0v) is 17.7. The first kappa shape index (κ1) is 22.6. The molecule has 4 rings (SSSR count). The molecule has 0 aliphatic heterocycles. The van der Waals surface area contributed by atoms with Crippen LogP contribution in [0.4, 0.5) is 13.2 Å². The van der Waals surface area contributed by atoms with E-state index in [0.717, 1.165) is 34.2 Å². The van der Waals surface area contributed by atoms with E-state index in [1.54, 1.807) is 6.07 Å². The molecule has 0 radical (unpaired) electrons. The summed E-state index contributed by atoms with van der Waals surface area (Å²) in [5.74, 6) is -1.05. The Balaban J connectivity index is 1.55. The molecule has 0 aliphatic carbocycles. The lowest BCUT2D eigenvalue weighted by molar-refractivity contribution is -0.140. The van der Waals surface area contributed by atoms with E-state index in [0.29, 0.717) is 12.1 Å². The Morgan fingerprint density at radius 1 is 0.939 bits per heavy atom. The summed E-state index contributed by atoms with van der Waals surface area (Å²) < 4.78 is 41.0.